The predicted molar refractivity (Wildman–Crippen MR) is 54.1 cm³/mol. The zero-order chi connectivity index (χ0) is 9.30. The molecule has 0 aliphatic carbocycles. The fourth-order valence-corrected chi connectivity index (χ4v) is 1.42. The van der Waals surface area contributed by atoms with Crippen LogP contribution in [0, 0.1) is 13.8 Å². The second kappa shape index (κ2) is 3.05. The van der Waals surface area contributed by atoms with Crippen molar-refractivity contribution in [3.63, 3.8) is 0 Å². The SMILES string of the molecule is CCc1c(N)cc(C)c(C)c1N. The Hall–Kier alpha value is -1.18. The highest BCUT2D eigenvalue weighted by molar-refractivity contribution is 5.67. The Kier molecular flexibility index (Phi) is 2.27. The van der Waals surface area contributed by atoms with Crippen LogP contribution in [-0.2, 0) is 6.42 Å². The Morgan fingerprint density at radius 2 is 1.83 bits per heavy atom. The van der Waals surface area contributed by atoms with Gasteiger partial charge >= 0.3 is 0 Å². The Bertz CT molecular complexity index is 303. The van der Waals surface area contributed by atoms with Gasteiger partial charge in [0.15, 0.2) is 0 Å². The van der Waals surface area contributed by atoms with Gasteiger partial charge in [-0.3, -0.25) is 0 Å². The molecule has 0 fully saturated rings. The standard InChI is InChI=1S/C10H16N2/c1-4-8-9(11)5-6(2)7(3)10(8)12/h5H,4,11-12H2,1-3H3. The zero-order valence-corrected chi connectivity index (χ0v) is 7.94. The normalized spacial score (nSPS) is 10.2. The van der Waals surface area contributed by atoms with E-state index in [0.29, 0.717) is 0 Å². The smallest absolute Gasteiger partial charge is 0.0399 e. The molecule has 0 aliphatic heterocycles. The summed E-state index contributed by atoms with van der Waals surface area (Å²) in [7, 11) is 0. The van der Waals surface area contributed by atoms with Crippen molar-refractivity contribution in [1.29, 1.82) is 0 Å². The molecule has 0 radical (unpaired) electrons. The van der Waals surface area contributed by atoms with Crippen LogP contribution in [0.1, 0.15) is 23.6 Å². The molecule has 0 heterocycles. The Balaban J connectivity index is 3.40. The summed E-state index contributed by atoms with van der Waals surface area (Å²) in [5.74, 6) is 0. The van der Waals surface area contributed by atoms with E-state index in [1.165, 1.54) is 5.56 Å². The number of anilines is 2. The number of hydrogen-bond acceptors (Lipinski definition) is 2. The maximum absolute atomic E-state index is 5.91. The summed E-state index contributed by atoms with van der Waals surface area (Å²) >= 11 is 0. The van der Waals surface area contributed by atoms with Crippen molar-refractivity contribution < 1.29 is 0 Å². The Morgan fingerprint density at radius 3 is 2.33 bits per heavy atom. The number of benzene rings is 1. The van der Waals surface area contributed by atoms with Crippen LogP contribution in [0.15, 0.2) is 6.07 Å². The first-order chi connectivity index (χ1) is 5.57. The lowest BCUT2D eigenvalue weighted by Crippen LogP contribution is -2.03. The molecule has 1 rings (SSSR count). The quantitative estimate of drug-likeness (QED) is 0.624. The fourth-order valence-electron chi connectivity index (χ4n) is 1.42. The van der Waals surface area contributed by atoms with Gasteiger partial charge in [-0.15, -0.1) is 0 Å². The molecule has 1 aromatic rings. The monoisotopic (exact) mass is 164 g/mol. The van der Waals surface area contributed by atoms with Crippen LogP contribution in [0.5, 0.6) is 0 Å². The van der Waals surface area contributed by atoms with E-state index in [2.05, 4.69) is 6.92 Å². The fraction of sp³-hybridized carbons (Fsp3) is 0.400. The summed E-state index contributed by atoms with van der Waals surface area (Å²) in [5, 5.41) is 0. The second-order valence-electron chi connectivity index (χ2n) is 3.15. The van der Waals surface area contributed by atoms with Crippen LogP contribution in [0.2, 0.25) is 0 Å². The lowest BCUT2D eigenvalue weighted by atomic mass is 10.00. The molecule has 0 saturated carbocycles. The number of nitrogen functional groups attached to an aromatic ring is 2. The van der Waals surface area contributed by atoms with Gasteiger partial charge < -0.3 is 11.5 Å². The van der Waals surface area contributed by atoms with Crippen molar-refractivity contribution >= 4 is 11.4 Å². The van der Waals surface area contributed by atoms with E-state index >= 15 is 0 Å². The molecule has 0 aromatic heterocycles. The Morgan fingerprint density at radius 1 is 1.25 bits per heavy atom. The molecule has 12 heavy (non-hydrogen) atoms. The molecule has 0 spiro atoms. The van der Waals surface area contributed by atoms with Crippen molar-refractivity contribution in [2.75, 3.05) is 11.5 Å². The van der Waals surface area contributed by atoms with Gasteiger partial charge in [0.25, 0.3) is 0 Å². The van der Waals surface area contributed by atoms with E-state index in [9.17, 15) is 0 Å². The van der Waals surface area contributed by atoms with Crippen molar-refractivity contribution in [3.8, 4) is 0 Å². The van der Waals surface area contributed by atoms with Crippen LogP contribution in [0.3, 0.4) is 0 Å². The summed E-state index contributed by atoms with van der Waals surface area (Å²) in [6, 6.07) is 1.99. The lowest BCUT2D eigenvalue weighted by Gasteiger charge is -2.12. The van der Waals surface area contributed by atoms with Crippen molar-refractivity contribution in [3.05, 3.63) is 22.8 Å². The van der Waals surface area contributed by atoms with Gasteiger partial charge in [0.2, 0.25) is 0 Å². The highest BCUT2D eigenvalue weighted by Crippen LogP contribution is 2.26. The lowest BCUT2D eigenvalue weighted by molar-refractivity contribution is 1.13. The molecule has 0 bridgehead atoms. The average molecular weight is 164 g/mol. The zero-order valence-electron chi connectivity index (χ0n) is 7.94. The van der Waals surface area contributed by atoms with E-state index in [1.807, 2.05) is 19.9 Å². The third kappa shape index (κ3) is 1.24. The molecule has 4 N–H and O–H groups in total. The number of rotatable bonds is 1. The van der Waals surface area contributed by atoms with Crippen LogP contribution in [0.25, 0.3) is 0 Å². The van der Waals surface area contributed by atoms with E-state index in [1.54, 1.807) is 0 Å². The van der Waals surface area contributed by atoms with Crippen LogP contribution < -0.4 is 11.5 Å². The first-order valence-corrected chi connectivity index (χ1v) is 4.22. The van der Waals surface area contributed by atoms with Crippen LogP contribution in [0.4, 0.5) is 11.4 Å². The number of aryl methyl sites for hydroxylation is 1. The van der Waals surface area contributed by atoms with Crippen molar-refractivity contribution in [1.82, 2.24) is 0 Å². The number of nitrogens with two attached hydrogens (primary N) is 2. The van der Waals surface area contributed by atoms with Crippen LogP contribution in [-0.4, -0.2) is 0 Å². The van der Waals surface area contributed by atoms with Crippen molar-refractivity contribution in [2.45, 2.75) is 27.2 Å². The molecular weight excluding hydrogens is 148 g/mol. The molecule has 0 saturated heterocycles. The van der Waals surface area contributed by atoms with Crippen molar-refractivity contribution in [2.24, 2.45) is 0 Å². The first-order valence-electron chi connectivity index (χ1n) is 4.22. The van der Waals surface area contributed by atoms with E-state index < -0.39 is 0 Å². The predicted octanol–water partition coefficient (Wildman–Crippen LogP) is 2.03. The maximum Gasteiger partial charge on any atom is 0.0399 e. The van der Waals surface area contributed by atoms with E-state index in [-0.39, 0.29) is 0 Å². The Labute approximate surface area is 73.6 Å². The summed E-state index contributed by atoms with van der Waals surface area (Å²) < 4.78 is 0. The molecule has 0 unspecified atom stereocenters. The molecule has 1 aromatic carbocycles. The first kappa shape index (κ1) is 8.91. The minimum Gasteiger partial charge on any atom is -0.398 e. The third-order valence-electron chi connectivity index (χ3n) is 2.39. The largest absolute Gasteiger partial charge is 0.398 e. The highest BCUT2D eigenvalue weighted by atomic mass is 14.6. The average Bonchev–Trinajstić information content (AvgIpc) is 2.01. The minimum atomic E-state index is 0.818. The second-order valence-corrected chi connectivity index (χ2v) is 3.15. The molecule has 0 amide bonds. The minimum absolute atomic E-state index is 0.818. The number of hydrogen-bond donors (Lipinski definition) is 2. The van der Waals surface area contributed by atoms with Gasteiger partial charge in [0.05, 0.1) is 0 Å². The summed E-state index contributed by atoms with van der Waals surface area (Å²) in [6.07, 6.45) is 0.902. The summed E-state index contributed by atoms with van der Waals surface area (Å²) in [5.41, 5.74) is 16.8. The van der Waals surface area contributed by atoms with E-state index in [0.717, 1.165) is 28.9 Å². The van der Waals surface area contributed by atoms with Gasteiger partial charge in [-0.1, -0.05) is 6.92 Å². The molecule has 0 aliphatic rings. The van der Waals surface area contributed by atoms with Gasteiger partial charge in [0, 0.05) is 11.4 Å². The van der Waals surface area contributed by atoms with Gasteiger partial charge in [-0.25, -0.2) is 0 Å². The molecule has 0 atom stereocenters. The van der Waals surface area contributed by atoms with Gasteiger partial charge in [0.1, 0.15) is 0 Å². The molecule has 2 heteroatoms. The summed E-state index contributed by atoms with van der Waals surface area (Å²) in [4.78, 5) is 0. The summed E-state index contributed by atoms with van der Waals surface area (Å²) in [6.45, 7) is 6.13. The van der Waals surface area contributed by atoms with E-state index in [4.69, 9.17) is 11.5 Å². The molecular formula is C10H16N2. The topological polar surface area (TPSA) is 52.0 Å². The highest BCUT2D eigenvalue weighted by Gasteiger charge is 2.06. The molecule has 66 valence electrons. The van der Waals surface area contributed by atoms with Gasteiger partial charge in [-0.05, 0) is 43.0 Å². The molecule has 2 nitrogen and oxygen atoms in total. The third-order valence-corrected chi connectivity index (χ3v) is 2.39. The van der Waals surface area contributed by atoms with Gasteiger partial charge in [-0.2, -0.15) is 0 Å². The van der Waals surface area contributed by atoms with Crippen LogP contribution >= 0.6 is 0 Å². The maximum atomic E-state index is 5.91.